The van der Waals surface area contributed by atoms with Crippen LogP contribution >= 0.6 is 0 Å². The molecular weight excluding hydrogens is 348 g/mol. The summed E-state index contributed by atoms with van der Waals surface area (Å²) in [5.41, 5.74) is 1.03. The van der Waals surface area contributed by atoms with Gasteiger partial charge >= 0.3 is 12.1 Å². The third-order valence-corrected chi connectivity index (χ3v) is 4.14. The van der Waals surface area contributed by atoms with Crippen molar-refractivity contribution in [3.8, 4) is 0 Å². The van der Waals surface area contributed by atoms with Gasteiger partial charge in [0.05, 0.1) is 0 Å². The standard InChI is InChI=1S/C20H30N2O5/c1-13(2)12-16(17(23)24)22(19(26)27)11-10-14-6-8-15(9-7-14)21-18(25)20(3,4)5/h6-9,13,16H,10-12H2,1-5H3,(H,21,25)(H,23,24)(H,26,27). The average Bonchev–Trinajstić information content (AvgIpc) is 2.53. The maximum Gasteiger partial charge on any atom is 0.408 e. The second kappa shape index (κ2) is 9.39. The molecule has 0 saturated heterocycles. The molecule has 27 heavy (non-hydrogen) atoms. The van der Waals surface area contributed by atoms with Gasteiger partial charge in [-0.3, -0.25) is 9.69 Å². The fraction of sp³-hybridized carbons (Fsp3) is 0.550. The van der Waals surface area contributed by atoms with Gasteiger partial charge in [0.1, 0.15) is 6.04 Å². The lowest BCUT2D eigenvalue weighted by atomic mass is 9.95. The number of carbonyl (C=O) groups is 3. The summed E-state index contributed by atoms with van der Waals surface area (Å²) in [6.07, 6.45) is -0.585. The van der Waals surface area contributed by atoms with Crippen LogP contribution in [0, 0.1) is 11.3 Å². The van der Waals surface area contributed by atoms with E-state index in [2.05, 4.69) is 5.32 Å². The number of hydrogen-bond acceptors (Lipinski definition) is 3. The van der Waals surface area contributed by atoms with E-state index in [0.29, 0.717) is 12.1 Å². The molecule has 0 saturated carbocycles. The lowest BCUT2D eigenvalue weighted by Crippen LogP contribution is -2.46. The Morgan fingerprint density at radius 3 is 2.04 bits per heavy atom. The summed E-state index contributed by atoms with van der Waals surface area (Å²) in [5.74, 6) is -1.16. The van der Waals surface area contributed by atoms with Crippen molar-refractivity contribution in [2.24, 2.45) is 11.3 Å². The highest BCUT2D eigenvalue weighted by molar-refractivity contribution is 5.94. The van der Waals surface area contributed by atoms with Crippen LogP contribution in [0.1, 0.15) is 46.6 Å². The summed E-state index contributed by atoms with van der Waals surface area (Å²) in [4.78, 5) is 36.0. The molecule has 0 aliphatic heterocycles. The maximum absolute atomic E-state index is 12.0. The Morgan fingerprint density at radius 1 is 1.07 bits per heavy atom. The van der Waals surface area contributed by atoms with E-state index in [1.165, 1.54) is 0 Å². The van der Waals surface area contributed by atoms with E-state index in [0.717, 1.165) is 10.5 Å². The molecular formula is C20H30N2O5. The molecule has 0 fully saturated rings. The average molecular weight is 378 g/mol. The van der Waals surface area contributed by atoms with Gasteiger partial charge in [0.15, 0.2) is 0 Å². The summed E-state index contributed by atoms with van der Waals surface area (Å²) >= 11 is 0. The number of carboxylic acid groups (broad SMARTS) is 2. The molecule has 7 heteroatoms. The quantitative estimate of drug-likeness (QED) is 0.639. The van der Waals surface area contributed by atoms with Gasteiger partial charge in [-0.2, -0.15) is 0 Å². The molecule has 150 valence electrons. The molecule has 0 heterocycles. The predicted molar refractivity (Wildman–Crippen MR) is 104 cm³/mol. The third-order valence-electron chi connectivity index (χ3n) is 4.14. The zero-order valence-electron chi connectivity index (χ0n) is 16.7. The summed E-state index contributed by atoms with van der Waals surface area (Å²) in [7, 11) is 0. The van der Waals surface area contributed by atoms with Gasteiger partial charge in [-0.05, 0) is 36.5 Å². The van der Waals surface area contributed by atoms with E-state index in [-0.39, 0.29) is 24.8 Å². The van der Waals surface area contributed by atoms with Gasteiger partial charge in [-0.15, -0.1) is 0 Å². The number of amides is 2. The smallest absolute Gasteiger partial charge is 0.408 e. The Hall–Kier alpha value is -2.57. The molecule has 0 aromatic heterocycles. The van der Waals surface area contributed by atoms with Crippen LogP contribution in [0.15, 0.2) is 24.3 Å². The molecule has 3 N–H and O–H groups in total. The molecule has 0 bridgehead atoms. The molecule has 0 radical (unpaired) electrons. The highest BCUT2D eigenvalue weighted by Crippen LogP contribution is 2.18. The third kappa shape index (κ3) is 7.29. The summed E-state index contributed by atoms with van der Waals surface area (Å²) in [5, 5.41) is 21.6. The number of nitrogens with zero attached hydrogens (tertiary/aromatic N) is 1. The van der Waals surface area contributed by atoms with Gasteiger partial charge < -0.3 is 15.5 Å². The number of carbonyl (C=O) groups excluding carboxylic acids is 1. The lowest BCUT2D eigenvalue weighted by Gasteiger charge is -2.27. The van der Waals surface area contributed by atoms with Crippen molar-refractivity contribution in [2.45, 2.75) is 53.5 Å². The fourth-order valence-electron chi connectivity index (χ4n) is 2.52. The second-order valence-corrected chi connectivity index (χ2v) is 8.11. The van der Waals surface area contributed by atoms with Crippen molar-refractivity contribution in [3.63, 3.8) is 0 Å². The number of aliphatic carboxylic acids is 1. The Morgan fingerprint density at radius 2 is 1.63 bits per heavy atom. The first-order valence-corrected chi connectivity index (χ1v) is 9.04. The maximum atomic E-state index is 12.0. The van der Waals surface area contributed by atoms with Gasteiger partial charge in [-0.25, -0.2) is 9.59 Å². The van der Waals surface area contributed by atoms with Gasteiger partial charge in [-0.1, -0.05) is 46.8 Å². The van der Waals surface area contributed by atoms with Crippen LogP contribution in [0.3, 0.4) is 0 Å². The molecule has 2 amide bonds. The van der Waals surface area contributed by atoms with Crippen LogP contribution < -0.4 is 5.32 Å². The number of benzene rings is 1. The van der Waals surface area contributed by atoms with Crippen molar-refractivity contribution in [2.75, 3.05) is 11.9 Å². The molecule has 0 aliphatic rings. The molecule has 1 unspecified atom stereocenters. The first-order chi connectivity index (χ1) is 12.4. The van der Waals surface area contributed by atoms with Crippen LogP contribution in [0.5, 0.6) is 0 Å². The zero-order valence-corrected chi connectivity index (χ0v) is 16.7. The number of anilines is 1. The van der Waals surface area contributed by atoms with E-state index in [4.69, 9.17) is 0 Å². The Labute approximate surface area is 160 Å². The van der Waals surface area contributed by atoms with Crippen molar-refractivity contribution >= 4 is 23.7 Å². The molecule has 1 aromatic carbocycles. The molecule has 7 nitrogen and oxygen atoms in total. The molecule has 0 spiro atoms. The summed E-state index contributed by atoms with van der Waals surface area (Å²) in [6, 6.07) is 6.06. The van der Waals surface area contributed by atoms with Gasteiger partial charge in [0.2, 0.25) is 5.91 Å². The minimum atomic E-state index is -1.24. The normalized spacial score (nSPS) is 12.5. The highest BCUT2D eigenvalue weighted by atomic mass is 16.4. The van der Waals surface area contributed by atoms with Crippen LogP contribution in [-0.2, 0) is 16.0 Å². The SMILES string of the molecule is CC(C)CC(C(=O)O)N(CCc1ccc(NC(=O)C(C)(C)C)cc1)C(=O)O. The van der Waals surface area contributed by atoms with Crippen LogP contribution in [0.4, 0.5) is 10.5 Å². The largest absolute Gasteiger partial charge is 0.480 e. The van der Waals surface area contributed by atoms with Crippen molar-refractivity contribution in [1.29, 1.82) is 0 Å². The number of carboxylic acids is 1. The predicted octanol–water partition coefficient (Wildman–Crippen LogP) is 3.69. The first-order valence-electron chi connectivity index (χ1n) is 9.04. The van der Waals surface area contributed by atoms with E-state index >= 15 is 0 Å². The fourth-order valence-corrected chi connectivity index (χ4v) is 2.52. The summed E-state index contributed by atoms with van der Waals surface area (Å²) < 4.78 is 0. The summed E-state index contributed by atoms with van der Waals surface area (Å²) in [6.45, 7) is 9.29. The Bertz CT molecular complexity index is 662. The molecule has 0 aliphatic carbocycles. The highest BCUT2D eigenvalue weighted by Gasteiger charge is 2.29. The van der Waals surface area contributed by atoms with E-state index in [9.17, 15) is 24.6 Å². The number of nitrogens with one attached hydrogen (secondary N) is 1. The van der Waals surface area contributed by atoms with Crippen molar-refractivity contribution in [3.05, 3.63) is 29.8 Å². The topological polar surface area (TPSA) is 107 Å². The minimum absolute atomic E-state index is 0.0682. The Balaban J connectivity index is 2.77. The lowest BCUT2D eigenvalue weighted by molar-refractivity contribution is -0.143. The van der Waals surface area contributed by atoms with Crippen molar-refractivity contribution in [1.82, 2.24) is 4.90 Å². The monoisotopic (exact) mass is 378 g/mol. The zero-order chi connectivity index (χ0) is 20.8. The van der Waals surface area contributed by atoms with E-state index in [1.54, 1.807) is 24.3 Å². The molecule has 1 atom stereocenters. The van der Waals surface area contributed by atoms with Crippen LogP contribution in [0.25, 0.3) is 0 Å². The first kappa shape index (κ1) is 22.5. The second-order valence-electron chi connectivity index (χ2n) is 8.11. The van der Waals surface area contributed by atoms with Gasteiger partial charge in [0.25, 0.3) is 0 Å². The van der Waals surface area contributed by atoms with Crippen molar-refractivity contribution < 1.29 is 24.6 Å². The molecule has 1 aromatic rings. The van der Waals surface area contributed by atoms with Crippen LogP contribution in [-0.4, -0.2) is 45.7 Å². The number of hydrogen-bond donors (Lipinski definition) is 3. The number of rotatable bonds is 8. The molecule has 1 rings (SSSR count). The van der Waals surface area contributed by atoms with E-state index < -0.39 is 23.5 Å². The Kier molecular flexibility index (Phi) is 7.82. The van der Waals surface area contributed by atoms with Gasteiger partial charge in [0, 0.05) is 17.6 Å². The van der Waals surface area contributed by atoms with E-state index in [1.807, 2.05) is 34.6 Å². The van der Waals surface area contributed by atoms with Crippen LogP contribution in [0.2, 0.25) is 0 Å². The minimum Gasteiger partial charge on any atom is -0.480 e.